The maximum Gasteiger partial charge on any atom is 0.271 e. The van der Waals surface area contributed by atoms with Crippen LogP contribution in [-0.4, -0.2) is 28.8 Å². The number of rotatable bonds is 4. The van der Waals surface area contributed by atoms with Crippen LogP contribution >= 0.6 is 11.6 Å². The molecule has 6 nitrogen and oxygen atoms in total. The lowest BCUT2D eigenvalue weighted by atomic mass is 10.2. The van der Waals surface area contributed by atoms with Crippen molar-refractivity contribution in [1.29, 1.82) is 0 Å². The highest BCUT2D eigenvalue weighted by Gasteiger charge is 2.11. The van der Waals surface area contributed by atoms with Crippen molar-refractivity contribution in [2.45, 2.75) is 6.54 Å². The average molecular weight is 301 g/mol. The van der Waals surface area contributed by atoms with Gasteiger partial charge in [0, 0.05) is 17.8 Å². The number of aryl methyl sites for hydroxylation is 1. The van der Waals surface area contributed by atoms with Crippen molar-refractivity contribution in [2.24, 2.45) is 0 Å². The smallest absolute Gasteiger partial charge is 0.271 e. The lowest BCUT2D eigenvalue weighted by Crippen LogP contribution is -2.40. The first-order valence-corrected chi connectivity index (χ1v) is 7.36. The van der Waals surface area contributed by atoms with Gasteiger partial charge in [-0.2, -0.15) is 8.42 Å². The highest BCUT2D eigenvalue weighted by Crippen LogP contribution is 2.16. The van der Waals surface area contributed by atoms with Crippen LogP contribution in [0.2, 0.25) is 5.02 Å². The van der Waals surface area contributed by atoms with E-state index in [1.807, 2.05) is 0 Å². The molecule has 19 heavy (non-hydrogen) atoms. The Bertz CT molecular complexity index is 657. The summed E-state index contributed by atoms with van der Waals surface area (Å²) in [5.41, 5.74) is 1.51. The van der Waals surface area contributed by atoms with E-state index < -0.39 is 10.1 Å². The van der Waals surface area contributed by atoms with E-state index in [-0.39, 0.29) is 12.3 Å². The number of halogens is 1. The molecule has 0 aliphatic rings. The molecule has 2 aromatic rings. The predicted octanol–water partition coefficient (Wildman–Crippen LogP) is 0.972. The molecule has 0 aliphatic heterocycles. The van der Waals surface area contributed by atoms with Gasteiger partial charge in [-0.3, -0.25) is 9.54 Å². The highest BCUT2D eigenvalue weighted by atomic mass is 35.5. The van der Waals surface area contributed by atoms with E-state index in [4.69, 9.17) is 16.2 Å². The molecule has 0 radical (unpaired) electrons. The van der Waals surface area contributed by atoms with Crippen LogP contribution in [0.1, 0.15) is 0 Å². The van der Waals surface area contributed by atoms with Crippen molar-refractivity contribution < 1.29 is 17.7 Å². The highest BCUT2D eigenvalue weighted by molar-refractivity contribution is 7.85. The molecule has 0 bridgehead atoms. The van der Waals surface area contributed by atoms with Crippen molar-refractivity contribution in [3.05, 3.63) is 41.8 Å². The van der Waals surface area contributed by atoms with Crippen molar-refractivity contribution in [2.75, 3.05) is 5.75 Å². The Balaban J connectivity index is 2.12. The van der Waals surface area contributed by atoms with Crippen molar-refractivity contribution >= 4 is 21.7 Å². The fourth-order valence-electron chi connectivity index (χ4n) is 1.42. The van der Waals surface area contributed by atoms with E-state index >= 15 is 0 Å². The summed E-state index contributed by atoms with van der Waals surface area (Å²) in [4.78, 5) is 4.15. The van der Waals surface area contributed by atoms with Gasteiger partial charge in [-0.25, -0.2) is 0 Å². The van der Waals surface area contributed by atoms with Crippen LogP contribution < -0.4 is 4.68 Å². The molecule has 8 heteroatoms. The topological polar surface area (TPSA) is 84.0 Å². The molecule has 2 aromatic heterocycles. The van der Waals surface area contributed by atoms with Gasteiger partial charge in [-0.05, 0) is 17.2 Å². The molecule has 0 saturated carbocycles. The SMILES string of the molecule is O=S(=O)(O)CC[n+]1ccc(-c2ccc(Cl)cn2)cn1. The first kappa shape index (κ1) is 13.9. The van der Waals surface area contributed by atoms with Crippen molar-refractivity contribution in [3.63, 3.8) is 0 Å². The second-order valence-electron chi connectivity index (χ2n) is 3.83. The van der Waals surface area contributed by atoms with Crippen LogP contribution in [0.3, 0.4) is 0 Å². The van der Waals surface area contributed by atoms with Gasteiger partial charge in [-0.15, -0.1) is 0 Å². The summed E-state index contributed by atoms with van der Waals surface area (Å²) in [6, 6.07) is 5.25. The van der Waals surface area contributed by atoms with E-state index in [2.05, 4.69) is 10.1 Å². The minimum Gasteiger partial charge on any atom is -0.285 e. The minimum atomic E-state index is -3.98. The molecular formula is C11H11ClN3O3S+. The molecule has 1 N–H and O–H groups in total. The quantitative estimate of drug-likeness (QED) is 0.672. The van der Waals surface area contributed by atoms with Gasteiger partial charge in [0.2, 0.25) is 0 Å². The molecule has 0 atom stereocenters. The molecule has 0 spiro atoms. The van der Waals surface area contributed by atoms with E-state index in [1.165, 1.54) is 10.9 Å². The number of hydrogen-bond donors (Lipinski definition) is 1. The maximum atomic E-state index is 10.6. The Morgan fingerprint density at radius 1 is 1.26 bits per heavy atom. The average Bonchev–Trinajstić information content (AvgIpc) is 2.37. The zero-order valence-corrected chi connectivity index (χ0v) is 11.3. The predicted molar refractivity (Wildman–Crippen MR) is 69.1 cm³/mol. The zero-order chi connectivity index (χ0) is 13.9. The molecular weight excluding hydrogens is 290 g/mol. The Morgan fingerprint density at radius 3 is 2.58 bits per heavy atom. The largest absolute Gasteiger partial charge is 0.285 e. The summed E-state index contributed by atoms with van der Waals surface area (Å²) in [6.45, 7) is 0.0904. The van der Waals surface area contributed by atoms with E-state index in [0.29, 0.717) is 5.02 Å². The fourth-order valence-corrected chi connectivity index (χ4v) is 1.95. The molecule has 100 valence electrons. The Morgan fingerprint density at radius 2 is 2.05 bits per heavy atom. The normalized spacial score (nSPS) is 11.5. The molecule has 0 fully saturated rings. The summed E-state index contributed by atoms with van der Waals surface area (Å²) in [7, 11) is -3.98. The van der Waals surface area contributed by atoms with Gasteiger partial charge >= 0.3 is 0 Å². The molecule has 0 aromatic carbocycles. The Labute approximate surface area is 115 Å². The second kappa shape index (κ2) is 5.60. The zero-order valence-electron chi connectivity index (χ0n) is 9.77. The van der Waals surface area contributed by atoms with Crippen LogP contribution in [0, 0.1) is 0 Å². The van der Waals surface area contributed by atoms with Gasteiger partial charge < -0.3 is 0 Å². The second-order valence-corrected chi connectivity index (χ2v) is 5.83. The summed E-state index contributed by atoms with van der Waals surface area (Å²) in [5, 5.41) is 4.60. The van der Waals surface area contributed by atoms with Gasteiger partial charge in [0.25, 0.3) is 10.1 Å². The first-order chi connectivity index (χ1) is 8.94. The summed E-state index contributed by atoms with van der Waals surface area (Å²) in [5.74, 6) is -0.372. The summed E-state index contributed by atoms with van der Waals surface area (Å²) in [6.07, 6.45) is 4.73. The molecule has 0 aliphatic carbocycles. The van der Waals surface area contributed by atoms with Crippen LogP contribution in [0.4, 0.5) is 0 Å². The van der Waals surface area contributed by atoms with E-state index in [0.717, 1.165) is 11.3 Å². The monoisotopic (exact) mass is 300 g/mol. The van der Waals surface area contributed by atoms with Crippen LogP contribution in [0.25, 0.3) is 11.3 Å². The molecule has 2 heterocycles. The maximum absolute atomic E-state index is 10.6. The fraction of sp³-hybridized carbons (Fsp3) is 0.182. The van der Waals surface area contributed by atoms with Crippen molar-refractivity contribution in [3.8, 4) is 11.3 Å². The van der Waals surface area contributed by atoms with Crippen LogP contribution in [0.5, 0.6) is 0 Å². The third-order valence-electron chi connectivity index (χ3n) is 2.37. The van der Waals surface area contributed by atoms with Crippen LogP contribution in [0.15, 0.2) is 36.8 Å². The molecule has 0 amide bonds. The summed E-state index contributed by atoms with van der Waals surface area (Å²) < 4.78 is 31.3. The lowest BCUT2D eigenvalue weighted by molar-refractivity contribution is -0.750. The molecule has 0 unspecified atom stereocenters. The molecule has 2 rings (SSSR count). The van der Waals surface area contributed by atoms with Gasteiger partial charge in [0.05, 0.1) is 10.7 Å². The standard InChI is InChI=1S/C11H10ClN3O3S/c12-10-1-2-11(13-8-10)9-3-4-15(14-7-9)5-6-19(16,17)18/h1-4,7-8H,5-6H2/p+1. The number of pyridine rings is 1. The number of nitrogens with zero attached hydrogens (tertiary/aromatic N) is 3. The minimum absolute atomic E-state index is 0.0904. The van der Waals surface area contributed by atoms with Crippen LogP contribution in [-0.2, 0) is 16.7 Å². The van der Waals surface area contributed by atoms with Gasteiger partial charge in [0.15, 0.2) is 12.7 Å². The number of hydrogen-bond acceptors (Lipinski definition) is 4. The molecule has 0 saturated heterocycles. The lowest BCUT2D eigenvalue weighted by Gasteiger charge is -1.99. The number of aromatic nitrogens is 3. The first-order valence-electron chi connectivity index (χ1n) is 5.37. The Kier molecular flexibility index (Phi) is 4.08. The van der Waals surface area contributed by atoms with Gasteiger partial charge in [-0.1, -0.05) is 16.3 Å². The van der Waals surface area contributed by atoms with Crippen molar-refractivity contribution in [1.82, 2.24) is 10.1 Å². The summed E-state index contributed by atoms with van der Waals surface area (Å²) >= 11 is 5.75. The third-order valence-corrected chi connectivity index (χ3v) is 3.29. The Hall–Kier alpha value is -1.57. The third kappa shape index (κ3) is 4.23. The van der Waals surface area contributed by atoms with E-state index in [9.17, 15) is 8.42 Å². The van der Waals surface area contributed by atoms with E-state index in [1.54, 1.807) is 30.6 Å². The van der Waals surface area contributed by atoms with Gasteiger partial charge in [0.1, 0.15) is 11.9 Å².